The van der Waals surface area contributed by atoms with Crippen molar-refractivity contribution in [2.45, 2.75) is 95.9 Å². The zero-order valence-corrected chi connectivity index (χ0v) is 21.2. The molecule has 35 heavy (non-hydrogen) atoms. The predicted molar refractivity (Wildman–Crippen MR) is 125 cm³/mol. The van der Waals surface area contributed by atoms with E-state index in [1.807, 2.05) is 27.7 Å². The Bertz CT molecular complexity index is 1210. The van der Waals surface area contributed by atoms with Crippen LogP contribution in [-0.4, -0.2) is 56.3 Å². The van der Waals surface area contributed by atoms with Crippen LogP contribution in [0.1, 0.15) is 67.2 Å². The lowest BCUT2D eigenvalue weighted by atomic mass is 9.49. The van der Waals surface area contributed by atoms with Gasteiger partial charge in [0.2, 0.25) is 5.79 Å². The van der Waals surface area contributed by atoms with Gasteiger partial charge in [-0.2, -0.15) is 0 Å². The summed E-state index contributed by atoms with van der Waals surface area (Å²) in [4.78, 5) is 39.6. The first-order valence-corrected chi connectivity index (χ1v) is 12.7. The van der Waals surface area contributed by atoms with Crippen molar-refractivity contribution >= 4 is 17.3 Å². The molecular formula is C28H34O7. The Labute approximate surface area is 205 Å². The quantitative estimate of drug-likeness (QED) is 0.546. The van der Waals surface area contributed by atoms with Crippen molar-refractivity contribution in [1.82, 2.24) is 0 Å². The summed E-state index contributed by atoms with van der Waals surface area (Å²) in [6.45, 7) is 11.1. The van der Waals surface area contributed by atoms with Crippen molar-refractivity contribution in [3.05, 3.63) is 34.9 Å². The summed E-state index contributed by atoms with van der Waals surface area (Å²) in [7, 11) is 0. The standard InChI is InChI=1S/C28H34O7/c1-14-22(32)28(34-23(14,3)4)15(2)26(33)9-10-27(35-28)18-12-20(30)19-11-16(29)7-8-24(19,5)17(18)13-21(31)25(26,27)6/h11-15,22,32-33H,7-10H2,1-6H3/t14-,15-,22+,24?,25+,26-,27-,28-/m0/s1. The molecule has 0 amide bonds. The van der Waals surface area contributed by atoms with E-state index in [1.54, 1.807) is 19.9 Å². The number of fused-ring (bicyclic) bond motifs is 3. The minimum atomic E-state index is -1.54. The van der Waals surface area contributed by atoms with Gasteiger partial charge in [-0.1, -0.05) is 20.8 Å². The van der Waals surface area contributed by atoms with Gasteiger partial charge in [-0.25, -0.2) is 0 Å². The van der Waals surface area contributed by atoms with Crippen LogP contribution in [0.2, 0.25) is 0 Å². The number of carbonyl (C=O) groups excluding carboxylic acids is 3. The number of ketones is 3. The number of aliphatic hydroxyl groups excluding tert-OH is 1. The first-order valence-electron chi connectivity index (χ1n) is 12.7. The SMILES string of the molecule is C[C@@H]1[C@]2(OC(C)(C)[C@@H](C)[C@H]2O)O[C@]23CC[C@@]1(O)[C@@]2(C)C(=O)C=C1C3=CC(=O)C2=CC(=O)CCC21C. The normalized spacial score (nSPS) is 51.9. The van der Waals surface area contributed by atoms with Crippen LogP contribution in [0.15, 0.2) is 34.9 Å². The molecule has 188 valence electrons. The molecule has 6 aliphatic rings. The molecule has 2 aliphatic heterocycles. The lowest BCUT2D eigenvalue weighted by Gasteiger charge is -2.64. The van der Waals surface area contributed by atoms with Crippen LogP contribution in [0.3, 0.4) is 0 Å². The molecule has 3 fully saturated rings. The molecule has 1 spiro atoms. The molecule has 1 saturated carbocycles. The van der Waals surface area contributed by atoms with Crippen molar-refractivity contribution in [3.8, 4) is 0 Å². The third kappa shape index (κ3) is 2.27. The monoisotopic (exact) mass is 482 g/mol. The van der Waals surface area contributed by atoms with Crippen molar-refractivity contribution in [3.63, 3.8) is 0 Å². The average molecular weight is 483 g/mol. The van der Waals surface area contributed by atoms with Crippen LogP contribution in [0.4, 0.5) is 0 Å². The number of rotatable bonds is 0. The van der Waals surface area contributed by atoms with E-state index in [4.69, 9.17) is 9.47 Å². The fourth-order valence-electron chi connectivity index (χ4n) is 8.26. The van der Waals surface area contributed by atoms with E-state index in [2.05, 4.69) is 0 Å². The van der Waals surface area contributed by atoms with E-state index >= 15 is 0 Å². The summed E-state index contributed by atoms with van der Waals surface area (Å²) >= 11 is 0. The lowest BCUT2D eigenvalue weighted by Crippen LogP contribution is -2.76. The van der Waals surface area contributed by atoms with Crippen LogP contribution in [0, 0.1) is 22.7 Å². The van der Waals surface area contributed by atoms with Crippen LogP contribution in [0.25, 0.3) is 0 Å². The number of ether oxygens (including phenoxy) is 2. The number of carbonyl (C=O) groups is 3. The van der Waals surface area contributed by atoms with Crippen LogP contribution in [-0.2, 0) is 23.9 Å². The first kappa shape index (κ1) is 23.5. The van der Waals surface area contributed by atoms with E-state index in [0.717, 1.165) is 0 Å². The van der Waals surface area contributed by atoms with Gasteiger partial charge < -0.3 is 19.7 Å². The molecule has 6 rings (SSSR count). The van der Waals surface area contributed by atoms with E-state index < -0.39 is 45.4 Å². The maximum atomic E-state index is 14.0. The van der Waals surface area contributed by atoms with Gasteiger partial charge in [0, 0.05) is 29.2 Å². The predicted octanol–water partition coefficient (Wildman–Crippen LogP) is 2.74. The Balaban J connectivity index is 1.63. The largest absolute Gasteiger partial charge is 0.388 e. The highest BCUT2D eigenvalue weighted by Gasteiger charge is 2.83. The van der Waals surface area contributed by atoms with Crippen LogP contribution < -0.4 is 0 Å². The lowest BCUT2D eigenvalue weighted by molar-refractivity contribution is -0.392. The first-order chi connectivity index (χ1) is 16.1. The topological polar surface area (TPSA) is 110 Å². The minimum absolute atomic E-state index is 0.0935. The van der Waals surface area contributed by atoms with Crippen molar-refractivity contribution in [2.24, 2.45) is 22.7 Å². The van der Waals surface area contributed by atoms with E-state index in [1.165, 1.54) is 12.2 Å². The summed E-state index contributed by atoms with van der Waals surface area (Å²) in [5.41, 5.74) is -4.11. The summed E-state index contributed by atoms with van der Waals surface area (Å²) in [5, 5.41) is 23.8. The second-order valence-electron chi connectivity index (χ2n) is 12.6. The molecule has 2 saturated heterocycles. The minimum Gasteiger partial charge on any atom is -0.388 e. The zero-order chi connectivity index (χ0) is 25.6. The Hall–Kier alpha value is -1.93. The molecule has 0 radical (unpaired) electrons. The Kier molecular flexibility index (Phi) is 4.23. The molecule has 2 bridgehead atoms. The number of hydrogen-bond acceptors (Lipinski definition) is 7. The molecule has 7 heteroatoms. The van der Waals surface area contributed by atoms with Crippen LogP contribution in [0.5, 0.6) is 0 Å². The molecule has 0 aromatic heterocycles. The molecular weight excluding hydrogens is 448 g/mol. The van der Waals surface area contributed by atoms with Crippen molar-refractivity contribution in [1.29, 1.82) is 0 Å². The van der Waals surface area contributed by atoms with Gasteiger partial charge in [0.1, 0.15) is 11.7 Å². The van der Waals surface area contributed by atoms with E-state index in [0.29, 0.717) is 29.6 Å². The Morgan fingerprint density at radius 1 is 0.886 bits per heavy atom. The van der Waals surface area contributed by atoms with Crippen molar-refractivity contribution < 1.29 is 34.1 Å². The average Bonchev–Trinajstić information content (AvgIpc) is 3.08. The molecule has 4 aliphatic carbocycles. The maximum absolute atomic E-state index is 14.0. The summed E-state index contributed by atoms with van der Waals surface area (Å²) in [6.07, 6.45) is 4.73. The fraction of sp³-hybridized carbons (Fsp3) is 0.679. The fourth-order valence-corrected chi connectivity index (χ4v) is 8.26. The zero-order valence-electron chi connectivity index (χ0n) is 21.2. The molecule has 2 heterocycles. The summed E-state index contributed by atoms with van der Waals surface area (Å²) in [6, 6.07) is 0. The second-order valence-corrected chi connectivity index (χ2v) is 12.6. The van der Waals surface area contributed by atoms with Crippen LogP contribution >= 0.6 is 0 Å². The van der Waals surface area contributed by atoms with Gasteiger partial charge in [-0.3, -0.25) is 14.4 Å². The molecule has 0 aromatic rings. The highest BCUT2D eigenvalue weighted by Crippen LogP contribution is 2.73. The van der Waals surface area contributed by atoms with Gasteiger partial charge in [-0.15, -0.1) is 0 Å². The molecule has 7 nitrogen and oxygen atoms in total. The van der Waals surface area contributed by atoms with E-state index in [-0.39, 0.29) is 36.1 Å². The third-order valence-electron chi connectivity index (χ3n) is 11.0. The summed E-state index contributed by atoms with van der Waals surface area (Å²) in [5.74, 6) is -3.15. The van der Waals surface area contributed by atoms with Gasteiger partial charge in [0.05, 0.1) is 16.6 Å². The van der Waals surface area contributed by atoms with Gasteiger partial charge in [-0.05, 0) is 69.4 Å². The molecule has 8 atom stereocenters. The van der Waals surface area contributed by atoms with Gasteiger partial charge in [0.25, 0.3) is 0 Å². The smallest absolute Gasteiger partial charge is 0.201 e. The van der Waals surface area contributed by atoms with E-state index in [9.17, 15) is 24.6 Å². The number of aliphatic hydroxyl groups is 2. The highest BCUT2D eigenvalue weighted by atomic mass is 16.7. The highest BCUT2D eigenvalue weighted by molar-refractivity contribution is 6.15. The third-order valence-corrected chi connectivity index (χ3v) is 11.0. The molecule has 2 N–H and O–H groups in total. The number of hydrogen-bond donors (Lipinski definition) is 2. The van der Waals surface area contributed by atoms with Crippen molar-refractivity contribution in [2.75, 3.05) is 0 Å². The number of allylic oxidation sites excluding steroid dienone is 4. The van der Waals surface area contributed by atoms with Gasteiger partial charge >= 0.3 is 0 Å². The Morgan fingerprint density at radius 2 is 1.57 bits per heavy atom. The Morgan fingerprint density at radius 3 is 2.20 bits per heavy atom. The second kappa shape index (κ2) is 6.31. The summed E-state index contributed by atoms with van der Waals surface area (Å²) < 4.78 is 13.5. The van der Waals surface area contributed by atoms with Gasteiger partial charge in [0.15, 0.2) is 17.3 Å². The molecule has 1 unspecified atom stereocenters. The maximum Gasteiger partial charge on any atom is 0.201 e. The molecule has 0 aromatic carbocycles.